The quantitative estimate of drug-likeness (QED) is 0.385. The van der Waals surface area contributed by atoms with E-state index >= 15 is 0 Å². The molecule has 2 saturated carbocycles. The van der Waals surface area contributed by atoms with Gasteiger partial charge in [0, 0.05) is 32.1 Å². The molecule has 0 unspecified atom stereocenters. The van der Waals surface area contributed by atoms with Crippen LogP contribution in [0.1, 0.15) is 88.9 Å². The Labute approximate surface area is 242 Å². The molecular weight excluding hydrogens is 543 g/mol. The summed E-state index contributed by atoms with van der Waals surface area (Å²) in [7, 11) is 1.94. The molecule has 0 atom stereocenters. The number of alkyl halides is 3. The van der Waals surface area contributed by atoms with Crippen molar-refractivity contribution in [3.8, 4) is 5.75 Å². The number of halogens is 3. The summed E-state index contributed by atoms with van der Waals surface area (Å²) in [5, 5.41) is 8.64. The van der Waals surface area contributed by atoms with Crippen molar-refractivity contribution in [3.05, 3.63) is 69.8 Å². The minimum Gasteiger partial charge on any atom is -0.491 e. The number of fused-ring (bicyclic) bond motifs is 2. The third kappa shape index (κ3) is 4.01. The van der Waals surface area contributed by atoms with Gasteiger partial charge in [-0.15, -0.1) is 10.2 Å². The Hall–Kier alpha value is -3.40. The Kier molecular flexibility index (Phi) is 5.66. The largest absolute Gasteiger partial charge is 0.491 e. The fourth-order valence-corrected chi connectivity index (χ4v) is 8.11. The van der Waals surface area contributed by atoms with E-state index in [0.717, 1.165) is 62.1 Å². The van der Waals surface area contributed by atoms with E-state index in [1.54, 1.807) is 12.4 Å². The molecule has 3 fully saturated rings. The smallest absolute Gasteiger partial charge is 0.416 e. The number of carbonyl (C=O) groups excluding carboxylic acids is 1. The molecule has 7 nitrogen and oxygen atoms in total. The first-order valence-electron chi connectivity index (χ1n) is 15.1. The fraction of sp³-hybridized carbons (Fsp3) is 0.531. The molecule has 0 bridgehead atoms. The van der Waals surface area contributed by atoms with E-state index in [1.165, 1.54) is 23.8 Å². The van der Waals surface area contributed by atoms with E-state index in [9.17, 15) is 18.0 Å². The van der Waals surface area contributed by atoms with Crippen molar-refractivity contribution in [2.75, 3.05) is 24.6 Å². The van der Waals surface area contributed by atoms with E-state index in [1.807, 2.05) is 17.7 Å². The van der Waals surface area contributed by atoms with Crippen molar-refractivity contribution in [1.29, 1.82) is 0 Å². The predicted octanol–water partition coefficient (Wildman–Crippen LogP) is 5.78. The van der Waals surface area contributed by atoms with E-state index < -0.39 is 17.6 Å². The van der Waals surface area contributed by atoms with Gasteiger partial charge in [-0.1, -0.05) is 18.9 Å². The molecule has 10 heteroatoms. The van der Waals surface area contributed by atoms with E-state index in [4.69, 9.17) is 4.74 Å². The molecule has 1 spiro atoms. The summed E-state index contributed by atoms with van der Waals surface area (Å²) < 4.78 is 51.4. The lowest BCUT2D eigenvalue weighted by atomic mass is 9.77. The fourth-order valence-electron chi connectivity index (χ4n) is 8.11. The summed E-state index contributed by atoms with van der Waals surface area (Å²) in [6, 6.07) is 7.10. The normalized spacial score (nSPS) is 22.2. The van der Waals surface area contributed by atoms with Crippen LogP contribution in [0.4, 0.5) is 18.9 Å². The summed E-state index contributed by atoms with van der Waals surface area (Å²) in [5.41, 5.74) is 2.63. The van der Waals surface area contributed by atoms with Crippen LogP contribution < -0.4 is 9.64 Å². The monoisotopic (exact) mass is 577 g/mol. The van der Waals surface area contributed by atoms with Gasteiger partial charge < -0.3 is 14.2 Å². The average Bonchev–Trinajstić information content (AvgIpc) is 3.54. The van der Waals surface area contributed by atoms with Gasteiger partial charge in [0.1, 0.15) is 17.9 Å². The summed E-state index contributed by atoms with van der Waals surface area (Å²) in [6.45, 7) is 2.59. The van der Waals surface area contributed by atoms with E-state index in [-0.39, 0.29) is 23.1 Å². The Morgan fingerprint density at radius 1 is 1.05 bits per heavy atom. The molecular formula is C32H34F3N5O2. The zero-order valence-corrected chi connectivity index (χ0v) is 23.8. The van der Waals surface area contributed by atoms with Crippen molar-refractivity contribution in [3.63, 3.8) is 0 Å². The van der Waals surface area contributed by atoms with Gasteiger partial charge in [-0.2, -0.15) is 13.2 Å². The molecule has 8 rings (SSSR count). The number of nitrogens with zero attached hydrogens (tertiary/aromatic N) is 5. The van der Waals surface area contributed by atoms with Gasteiger partial charge in [0.25, 0.3) is 5.91 Å². The minimum atomic E-state index is -4.56. The third-order valence-electron chi connectivity index (χ3n) is 10.5. The highest BCUT2D eigenvalue weighted by molar-refractivity contribution is 6.11. The Balaban J connectivity index is 1.20. The number of carbonyl (C=O) groups is 1. The number of amides is 1. The molecule has 3 aliphatic heterocycles. The van der Waals surface area contributed by atoms with Crippen LogP contribution in [0.5, 0.6) is 5.75 Å². The minimum absolute atomic E-state index is 0.0531. The number of ether oxygens (including phenoxy) is 1. The standard InChI is InChI=1S/C32H34F3N5O2/c1-38-19-36-37-29(38)31(5-2-3-6-31)22-14-21-4-11-42-27(21)26(15-22)40-17-24-23(28(40)41)12-20(13-25(24)32(33,34)35)16-39-10-9-30(18-39)7-8-30/h12-15,19H,2-11,16-18H2,1H3. The van der Waals surface area contributed by atoms with Crippen LogP contribution in [0.3, 0.4) is 0 Å². The lowest BCUT2D eigenvalue weighted by molar-refractivity contribution is -0.138. The highest BCUT2D eigenvalue weighted by Crippen LogP contribution is 2.53. The molecule has 5 aliphatic rings. The second kappa shape index (κ2) is 9.05. The van der Waals surface area contributed by atoms with Gasteiger partial charge >= 0.3 is 6.18 Å². The third-order valence-corrected chi connectivity index (χ3v) is 10.5. The van der Waals surface area contributed by atoms with Crippen LogP contribution in [0.15, 0.2) is 30.6 Å². The number of aryl methyl sites for hydroxylation is 1. The lowest BCUT2D eigenvalue weighted by Crippen LogP contribution is -2.29. The van der Waals surface area contributed by atoms with Crippen LogP contribution in [-0.4, -0.2) is 45.3 Å². The first-order valence-corrected chi connectivity index (χ1v) is 15.1. The lowest BCUT2D eigenvalue weighted by Gasteiger charge is -2.30. The van der Waals surface area contributed by atoms with Gasteiger partial charge in [-0.05, 0) is 84.5 Å². The number of benzene rings is 2. The molecule has 2 aromatic carbocycles. The molecule has 1 amide bonds. The maximum Gasteiger partial charge on any atom is 0.416 e. The summed E-state index contributed by atoms with van der Waals surface area (Å²) in [6.07, 6.45) is 5.23. The SMILES string of the molecule is Cn1cnnc1C1(c2cc3c(c(N4Cc5c(cc(CN6CCC7(CC7)C6)cc5C(F)(F)F)C4=O)c2)OCC3)CCCC1. The number of anilines is 1. The Morgan fingerprint density at radius 3 is 2.55 bits per heavy atom. The zero-order valence-electron chi connectivity index (χ0n) is 23.8. The first kappa shape index (κ1) is 26.2. The van der Waals surface area contributed by atoms with Crippen LogP contribution in [0.2, 0.25) is 0 Å². The molecule has 4 heterocycles. The highest BCUT2D eigenvalue weighted by Gasteiger charge is 2.48. The summed E-state index contributed by atoms with van der Waals surface area (Å²) in [5.74, 6) is 1.08. The van der Waals surface area contributed by atoms with Crippen LogP contribution in [0, 0.1) is 5.41 Å². The van der Waals surface area contributed by atoms with Crippen LogP contribution in [-0.2, 0) is 38.1 Å². The molecule has 0 N–H and O–H groups in total. The van der Waals surface area contributed by atoms with E-state index in [0.29, 0.717) is 42.0 Å². The van der Waals surface area contributed by atoms with Crippen molar-refractivity contribution < 1.29 is 22.7 Å². The molecule has 42 heavy (non-hydrogen) atoms. The molecule has 220 valence electrons. The van der Waals surface area contributed by atoms with Crippen LogP contribution in [0.25, 0.3) is 0 Å². The Morgan fingerprint density at radius 2 is 1.86 bits per heavy atom. The predicted molar refractivity (Wildman–Crippen MR) is 149 cm³/mol. The summed E-state index contributed by atoms with van der Waals surface area (Å²) >= 11 is 0. The van der Waals surface area contributed by atoms with Gasteiger partial charge in [0.05, 0.1) is 29.8 Å². The molecule has 2 aliphatic carbocycles. The summed E-state index contributed by atoms with van der Waals surface area (Å²) in [4.78, 5) is 17.8. The van der Waals surface area contributed by atoms with Gasteiger partial charge in [0.2, 0.25) is 0 Å². The van der Waals surface area contributed by atoms with Crippen molar-refractivity contribution in [2.24, 2.45) is 12.5 Å². The molecule has 1 saturated heterocycles. The molecule has 1 aromatic heterocycles. The Bertz CT molecular complexity index is 1600. The van der Waals surface area contributed by atoms with Gasteiger partial charge in [-0.3, -0.25) is 9.69 Å². The number of rotatable bonds is 5. The topological polar surface area (TPSA) is 63.5 Å². The second-order valence-corrected chi connectivity index (χ2v) is 13.2. The van der Waals surface area contributed by atoms with Gasteiger partial charge in [0.15, 0.2) is 0 Å². The molecule has 3 aromatic rings. The first-order chi connectivity index (χ1) is 20.2. The van der Waals surface area contributed by atoms with Gasteiger partial charge in [-0.25, -0.2) is 0 Å². The zero-order chi connectivity index (χ0) is 28.9. The number of aromatic nitrogens is 3. The maximum absolute atomic E-state index is 14.5. The average molecular weight is 578 g/mol. The number of hydrogen-bond acceptors (Lipinski definition) is 5. The van der Waals surface area contributed by atoms with Crippen molar-refractivity contribution in [1.82, 2.24) is 19.7 Å². The number of hydrogen-bond donors (Lipinski definition) is 0. The molecule has 0 radical (unpaired) electrons. The number of likely N-dealkylation sites (tertiary alicyclic amines) is 1. The maximum atomic E-state index is 14.5. The van der Waals surface area contributed by atoms with Crippen LogP contribution >= 0.6 is 0 Å². The van der Waals surface area contributed by atoms with Crippen molar-refractivity contribution >= 4 is 11.6 Å². The second-order valence-electron chi connectivity index (χ2n) is 13.2. The van der Waals surface area contributed by atoms with E-state index in [2.05, 4.69) is 21.2 Å². The highest BCUT2D eigenvalue weighted by atomic mass is 19.4. The van der Waals surface area contributed by atoms with Crippen molar-refractivity contribution in [2.45, 2.75) is 76.0 Å².